The van der Waals surface area contributed by atoms with Gasteiger partial charge in [-0.2, -0.15) is 0 Å². The molecular formula is C29H33Cl2N3O4S. The van der Waals surface area contributed by atoms with E-state index in [9.17, 15) is 18.0 Å². The van der Waals surface area contributed by atoms with Gasteiger partial charge in [0.15, 0.2) is 0 Å². The van der Waals surface area contributed by atoms with Crippen molar-refractivity contribution in [2.75, 3.05) is 17.4 Å². The molecule has 7 nitrogen and oxygen atoms in total. The second-order valence-corrected chi connectivity index (χ2v) is 11.9. The van der Waals surface area contributed by atoms with E-state index in [-0.39, 0.29) is 39.1 Å². The number of hydrogen-bond acceptors (Lipinski definition) is 4. The Morgan fingerprint density at radius 1 is 0.897 bits per heavy atom. The van der Waals surface area contributed by atoms with Crippen molar-refractivity contribution in [1.29, 1.82) is 0 Å². The number of rotatable bonds is 12. The lowest BCUT2D eigenvalue weighted by Crippen LogP contribution is -2.53. The molecule has 10 heteroatoms. The normalized spacial score (nSPS) is 12.8. The zero-order chi connectivity index (χ0) is 28.6. The number of benzene rings is 3. The molecule has 3 aromatic carbocycles. The SMILES string of the molecule is CC[C@@H](C)NC(=O)[C@@H](C)N(CCc1ccccc1)C(=O)CN(c1cccc(Cl)c1Cl)S(=O)(=O)c1ccccc1. The minimum absolute atomic E-state index is 0.00451. The number of nitrogens with one attached hydrogen (secondary N) is 1. The van der Waals surface area contributed by atoms with Crippen molar-refractivity contribution in [3.8, 4) is 0 Å². The average molecular weight is 591 g/mol. The molecule has 0 radical (unpaired) electrons. The third-order valence-electron chi connectivity index (χ3n) is 6.46. The van der Waals surface area contributed by atoms with E-state index in [0.29, 0.717) is 6.42 Å². The number of halogens is 2. The van der Waals surface area contributed by atoms with Crippen molar-refractivity contribution in [2.24, 2.45) is 0 Å². The highest BCUT2D eigenvalue weighted by molar-refractivity contribution is 7.92. The number of nitrogens with zero attached hydrogens (tertiary/aromatic N) is 2. The molecule has 0 heterocycles. The van der Waals surface area contributed by atoms with Crippen LogP contribution in [0.3, 0.4) is 0 Å². The first-order valence-electron chi connectivity index (χ1n) is 12.7. The zero-order valence-electron chi connectivity index (χ0n) is 22.2. The van der Waals surface area contributed by atoms with Gasteiger partial charge < -0.3 is 10.2 Å². The van der Waals surface area contributed by atoms with Gasteiger partial charge in [0.2, 0.25) is 11.8 Å². The maximum Gasteiger partial charge on any atom is 0.264 e. The molecule has 3 rings (SSSR count). The number of hydrogen-bond donors (Lipinski definition) is 1. The Kier molecular flexibility index (Phi) is 10.8. The largest absolute Gasteiger partial charge is 0.352 e. The fourth-order valence-electron chi connectivity index (χ4n) is 3.95. The highest BCUT2D eigenvalue weighted by atomic mass is 35.5. The summed E-state index contributed by atoms with van der Waals surface area (Å²) < 4.78 is 28.5. The van der Waals surface area contributed by atoms with Crippen LogP contribution in [0, 0.1) is 0 Å². The Morgan fingerprint density at radius 2 is 1.51 bits per heavy atom. The molecular weight excluding hydrogens is 557 g/mol. The number of amides is 2. The van der Waals surface area contributed by atoms with Crippen molar-refractivity contribution >= 4 is 50.7 Å². The molecule has 0 aliphatic rings. The predicted molar refractivity (Wildman–Crippen MR) is 157 cm³/mol. The summed E-state index contributed by atoms with van der Waals surface area (Å²) in [6.45, 7) is 5.11. The zero-order valence-corrected chi connectivity index (χ0v) is 24.5. The maximum absolute atomic E-state index is 13.9. The van der Waals surface area contributed by atoms with Gasteiger partial charge in [0.1, 0.15) is 12.6 Å². The van der Waals surface area contributed by atoms with Gasteiger partial charge in [-0.25, -0.2) is 8.42 Å². The van der Waals surface area contributed by atoms with Gasteiger partial charge in [-0.1, -0.05) is 84.7 Å². The lowest BCUT2D eigenvalue weighted by atomic mass is 10.1. The average Bonchev–Trinajstić information content (AvgIpc) is 2.94. The number of anilines is 1. The van der Waals surface area contributed by atoms with Gasteiger partial charge in [0.05, 0.1) is 20.6 Å². The fraction of sp³-hybridized carbons (Fsp3) is 0.310. The molecule has 1 N–H and O–H groups in total. The molecule has 0 saturated carbocycles. The summed E-state index contributed by atoms with van der Waals surface area (Å²) in [5, 5.41) is 3.07. The molecule has 0 aromatic heterocycles. The summed E-state index contributed by atoms with van der Waals surface area (Å²) in [5.74, 6) is -0.864. The quantitative estimate of drug-likeness (QED) is 0.299. The van der Waals surface area contributed by atoms with Gasteiger partial charge in [0, 0.05) is 12.6 Å². The monoisotopic (exact) mass is 589 g/mol. The van der Waals surface area contributed by atoms with E-state index < -0.39 is 28.5 Å². The van der Waals surface area contributed by atoms with E-state index in [2.05, 4.69) is 5.32 Å². The van der Waals surface area contributed by atoms with Gasteiger partial charge >= 0.3 is 0 Å². The Hall–Kier alpha value is -3.07. The predicted octanol–water partition coefficient (Wildman–Crippen LogP) is 5.56. The van der Waals surface area contributed by atoms with Crippen LogP contribution < -0.4 is 9.62 Å². The topological polar surface area (TPSA) is 86.8 Å². The standard InChI is InChI=1S/C29H33Cl2N3O4S/c1-4-21(2)32-29(36)22(3)33(19-18-23-12-7-5-8-13-23)27(35)20-34(26-17-11-16-25(30)28(26)31)39(37,38)24-14-9-6-10-15-24/h5-17,21-22H,4,18-20H2,1-3H3,(H,32,36)/t21-,22-/m1/s1. The molecule has 0 aliphatic heterocycles. The Morgan fingerprint density at radius 3 is 2.13 bits per heavy atom. The summed E-state index contributed by atoms with van der Waals surface area (Å²) in [7, 11) is -4.22. The lowest BCUT2D eigenvalue weighted by Gasteiger charge is -2.32. The van der Waals surface area contributed by atoms with Gasteiger partial charge in [-0.15, -0.1) is 0 Å². The van der Waals surface area contributed by atoms with Crippen molar-refractivity contribution in [3.63, 3.8) is 0 Å². The maximum atomic E-state index is 13.9. The van der Waals surface area contributed by atoms with Crippen molar-refractivity contribution < 1.29 is 18.0 Å². The van der Waals surface area contributed by atoms with Crippen molar-refractivity contribution in [2.45, 2.75) is 50.6 Å². The van der Waals surface area contributed by atoms with Crippen LogP contribution in [-0.4, -0.2) is 50.3 Å². The molecule has 208 valence electrons. The van der Waals surface area contributed by atoms with E-state index >= 15 is 0 Å². The van der Waals surface area contributed by atoms with Crippen LogP contribution in [0.5, 0.6) is 0 Å². The molecule has 0 saturated heterocycles. The summed E-state index contributed by atoms with van der Waals surface area (Å²) in [6.07, 6.45) is 1.21. The highest BCUT2D eigenvalue weighted by Crippen LogP contribution is 2.35. The van der Waals surface area contributed by atoms with Crippen LogP contribution >= 0.6 is 23.2 Å². The minimum atomic E-state index is -4.22. The second-order valence-electron chi connectivity index (χ2n) is 9.21. The molecule has 0 spiro atoms. The lowest BCUT2D eigenvalue weighted by molar-refractivity contribution is -0.139. The molecule has 2 atom stereocenters. The number of carbonyl (C=O) groups is 2. The van der Waals surface area contributed by atoms with E-state index in [1.165, 1.54) is 29.2 Å². The molecule has 3 aromatic rings. The smallest absolute Gasteiger partial charge is 0.264 e. The Labute approximate surface area is 240 Å². The molecule has 0 fully saturated rings. The van der Waals surface area contributed by atoms with E-state index in [4.69, 9.17) is 23.2 Å². The van der Waals surface area contributed by atoms with Crippen LogP contribution in [0.15, 0.2) is 83.8 Å². The van der Waals surface area contributed by atoms with E-state index in [0.717, 1.165) is 16.3 Å². The van der Waals surface area contributed by atoms with Crippen LogP contribution in [0.25, 0.3) is 0 Å². The molecule has 39 heavy (non-hydrogen) atoms. The van der Waals surface area contributed by atoms with E-state index in [1.807, 2.05) is 44.2 Å². The second kappa shape index (κ2) is 13.8. The van der Waals surface area contributed by atoms with Crippen LogP contribution in [-0.2, 0) is 26.0 Å². The number of carbonyl (C=O) groups excluding carboxylic acids is 2. The first-order valence-corrected chi connectivity index (χ1v) is 14.9. The third kappa shape index (κ3) is 7.75. The molecule has 0 unspecified atom stereocenters. The molecule has 2 amide bonds. The van der Waals surface area contributed by atoms with Crippen LogP contribution in [0.1, 0.15) is 32.8 Å². The Balaban J connectivity index is 2.00. The van der Waals surface area contributed by atoms with Crippen molar-refractivity contribution in [1.82, 2.24) is 10.2 Å². The Bertz CT molecular complexity index is 1370. The van der Waals surface area contributed by atoms with Gasteiger partial charge in [-0.3, -0.25) is 13.9 Å². The number of sulfonamides is 1. The highest BCUT2D eigenvalue weighted by Gasteiger charge is 2.33. The first kappa shape index (κ1) is 30.5. The minimum Gasteiger partial charge on any atom is -0.352 e. The van der Waals surface area contributed by atoms with Crippen molar-refractivity contribution in [3.05, 3.63) is 94.5 Å². The first-order chi connectivity index (χ1) is 18.6. The van der Waals surface area contributed by atoms with Crippen LogP contribution in [0.2, 0.25) is 10.0 Å². The molecule has 0 bridgehead atoms. The van der Waals surface area contributed by atoms with E-state index in [1.54, 1.807) is 31.2 Å². The summed E-state index contributed by atoms with van der Waals surface area (Å²) >= 11 is 12.7. The third-order valence-corrected chi connectivity index (χ3v) is 9.05. The van der Waals surface area contributed by atoms with Gasteiger partial charge in [-0.05, 0) is 56.5 Å². The van der Waals surface area contributed by atoms with Crippen LogP contribution in [0.4, 0.5) is 5.69 Å². The summed E-state index contributed by atoms with van der Waals surface area (Å²) in [4.78, 5) is 28.4. The summed E-state index contributed by atoms with van der Waals surface area (Å²) in [5.41, 5.74) is 1.05. The summed E-state index contributed by atoms with van der Waals surface area (Å²) in [6, 6.07) is 21.0. The fourth-order valence-corrected chi connectivity index (χ4v) is 5.85. The van der Waals surface area contributed by atoms with Gasteiger partial charge in [0.25, 0.3) is 10.0 Å². The molecule has 0 aliphatic carbocycles.